The Kier molecular flexibility index (Phi) is 14.7. The summed E-state index contributed by atoms with van der Waals surface area (Å²) in [5, 5.41) is 49.5. The van der Waals surface area contributed by atoms with E-state index in [4.69, 9.17) is 4.74 Å². The fourth-order valence-corrected chi connectivity index (χ4v) is 6.21. The van der Waals surface area contributed by atoms with E-state index in [-0.39, 0.29) is 46.0 Å². The van der Waals surface area contributed by atoms with Crippen LogP contribution in [0.25, 0.3) is 0 Å². The summed E-state index contributed by atoms with van der Waals surface area (Å²) in [6.07, 6.45) is 10.8. The summed E-state index contributed by atoms with van der Waals surface area (Å²) in [4.78, 5) is 23.4. The van der Waals surface area contributed by atoms with E-state index < -0.39 is 17.5 Å². The summed E-state index contributed by atoms with van der Waals surface area (Å²) >= 11 is 0. The summed E-state index contributed by atoms with van der Waals surface area (Å²) in [6, 6.07) is 4.12. The lowest BCUT2D eigenvalue weighted by atomic mass is 9.73. The second-order valence-electron chi connectivity index (χ2n) is 13.1. The molecule has 0 aliphatic heterocycles. The Morgan fingerprint density at radius 1 is 0.878 bits per heavy atom. The van der Waals surface area contributed by atoms with Crippen molar-refractivity contribution in [1.82, 2.24) is 0 Å². The van der Waals surface area contributed by atoms with Crippen molar-refractivity contribution in [2.45, 2.75) is 91.6 Å². The molecule has 0 aromatic heterocycles. The van der Waals surface area contributed by atoms with Gasteiger partial charge in [-0.15, -0.1) is 0 Å². The molecule has 0 bridgehead atoms. The maximum atomic E-state index is 12.1. The monoisotopic (exact) mass is 678 g/mol. The standard InChI is InChI=1S/C20H26O4.C10H12O4.C10H16O/c1-6-13-10-16(21)18(19(22)17(13)20(23)24-5)15-9-12(4)7-8-14(15)11(2)3;1-3-6-4-7(11)5-8(12)9(6)10(13)14-2;1-8(2)9-4-6-10(3,11)7-5-9/h9-10,14-15,21-22H,2,6-8H2,1,3-5H3;4-5,11-12H,3H2,1-2H3;4,6,9,11H,1,5,7H2,2-3H3/t14-,15+;;9-,10-/m1.1/s1. The number of hydrogen-bond donors (Lipinski definition) is 5. The van der Waals surface area contributed by atoms with Crippen molar-refractivity contribution in [3.05, 3.63) is 94.1 Å². The van der Waals surface area contributed by atoms with Crippen molar-refractivity contribution in [2.75, 3.05) is 14.2 Å². The number of phenolic OH excluding ortho intramolecular Hbond substituents is 4. The van der Waals surface area contributed by atoms with Crippen LogP contribution < -0.4 is 0 Å². The van der Waals surface area contributed by atoms with Gasteiger partial charge in [0, 0.05) is 17.5 Å². The van der Waals surface area contributed by atoms with Crippen molar-refractivity contribution >= 4 is 11.9 Å². The van der Waals surface area contributed by atoms with E-state index in [1.807, 2.05) is 47.6 Å². The number of carbonyl (C=O) groups is 2. The van der Waals surface area contributed by atoms with Gasteiger partial charge in [-0.1, -0.05) is 62.0 Å². The highest BCUT2D eigenvalue weighted by atomic mass is 16.5. The zero-order chi connectivity index (χ0) is 37.2. The lowest BCUT2D eigenvalue weighted by Crippen LogP contribution is -2.25. The van der Waals surface area contributed by atoms with Gasteiger partial charge in [0.2, 0.25) is 0 Å². The highest BCUT2D eigenvalue weighted by Gasteiger charge is 2.33. The van der Waals surface area contributed by atoms with Crippen LogP contribution in [0.2, 0.25) is 0 Å². The van der Waals surface area contributed by atoms with Crippen LogP contribution in [0.1, 0.15) is 111 Å². The molecule has 49 heavy (non-hydrogen) atoms. The lowest BCUT2D eigenvalue weighted by molar-refractivity contribution is 0.0586. The molecule has 2 aliphatic carbocycles. The van der Waals surface area contributed by atoms with Crippen LogP contribution in [0.4, 0.5) is 0 Å². The normalized spacial score (nSPS) is 21.2. The average Bonchev–Trinajstić information content (AvgIpc) is 3.03. The zero-order valence-corrected chi connectivity index (χ0v) is 30.2. The number of methoxy groups -OCH3 is 2. The number of carbonyl (C=O) groups excluding carboxylic acids is 2. The van der Waals surface area contributed by atoms with Gasteiger partial charge >= 0.3 is 11.9 Å². The lowest BCUT2D eigenvalue weighted by Gasteiger charge is -2.32. The van der Waals surface area contributed by atoms with E-state index in [0.717, 1.165) is 37.3 Å². The number of aliphatic hydroxyl groups is 1. The molecule has 2 aliphatic rings. The van der Waals surface area contributed by atoms with Crippen LogP contribution in [0.3, 0.4) is 0 Å². The molecule has 0 unspecified atom stereocenters. The first kappa shape index (κ1) is 40.7. The van der Waals surface area contributed by atoms with Crippen LogP contribution in [-0.4, -0.2) is 57.3 Å². The molecule has 4 rings (SSSR count). The average molecular weight is 679 g/mol. The molecule has 0 spiro atoms. The minimum Gasteiger partial charge on any atom is -0.508 e. The predicted molar refractivity (Wildman–Crippen MR) is 192 cm³/mol. The molecule has 0 amide bonds. The van der Waals surface area contributed by atoms with Gasteiger partial charge in [-0.05, 0) is 101 Å². The summed E-state index contributed by atoms with van der Waals surface area (Å²) in [5.74, 6) is -1.28. The van der Waals surface area contributed by atoms with Crippen LogP contribution >= 0.6 is 0 Å². The summed E-state index contributed by atoms with van der Waals surface area (Å²) < 4.78 is 9.34. The van der Waals surface area contributed by atoms with Gasteiger partial charge in [-0.2, -0.15) is 0 Å². The molecule has 9 nitrogen and oxygen atoms in total. The van der Waals surface area contributed by atoms with Crippen molar-refractivity contribution < 1.29 is 44.6 Å². The molecule has 9 heteroatoms. The van der Waals surface area contributed by atoms with E-state index in [2.05, 4.69) is 30.0 Å². The van der Waals surface area contributed by atoms with Gasteiger partial charge < -0.3 is 35.0 Å². The highest BCUT2D eigenvalue weighted by Crippen LogP contribution is 2.48. The van der Waals surface area contributed by atoms with Crippen molar-refractivity contribution in [1.29, 1.82) is 0 Å². The first-order valence-corrected chi connectivity index (χ1v) is 16.6. The number of allylic oxidation sites excluding steroid dienone is 5. The SMILES string of the molecule is C=C(C)[C@@H]1C=C[C@@](C)(O)CC1.C=C(C)[C@H]1CCC(C)=C[C@@H]1c1c(O)cc(CC)c(C(=O)OC)c1O.CCc1cc(O)cc(O)c1C(=O)OC. The quantitative estimate of drug-likeness (QED) is 0.144. The number of benzene rings is 2. The topological polar surface area (TPSA) is 154 Å². The molecule has 0 radical (unpaired) electrons. The van der Waals surface area contributed by atoms with E-state index in [1.165, 1.54) is 31.4 Å². The Balaban J connectivity index is 0.000000282. The second-order valence-corrected chi connectivity index (χ2v) is 13.1. The van der Waals surface area contributed by atoms with Gasteiger partial charge in [0.05, 0.1) is 19.8 Å². The Morgan fingerprint density at radius 3 is 1.94 bits per heavy atom. The summed E-state index contributed by atoms with van der Waals surface area (Å²) in [5.41, 5.74) is 4.61. The van der Waals surface area contributed by atoms with Gasteiger partial charge in [0.15, 0.2) is 0 Å². The first-order chi connectivity index (χ1) is 22.9. The molecule has 4 atom stereocenters. The predicted octanol–water partition coefficient (Wildman–Crippen LogP) is 8.19. The van der Waals surface area contributed by atoms with Crippen molar-refractivity contribution in [3.63, 3.8) is 0 Å². The van der Waals surface area contributed by atoms with Gasteiger partial charge in [0.25, 0.3) is 0 Å². The smallest absolute Gasteiger partial charge is 0.341 e. The molecular weight excluding hydrogens is 624 g/mol. The highest BCUT2D eigenvalue weighted by molar-refractivity contribution is 5.95. The van der Waals surface area contributed by atoms with Crippen LogP contribution in [0.15, 0.2) is 66.3 Å². The zero-order valence-electron chi connectivity index (χ0n) is 30.2. The molecular formula is C40H54O9. The maximum Gasteiger partial charge on any atom is 0.341 e. The molecule has 0 heterocycles. The Hall–Kier alpha value is -4.50. The van der Waals surface area contributed by atoms with E-state index in [1.54, 1.807) is 6.07 Å². The Bertz CT molecular complexity index is 1600. The number of hydrogen-bond acceptors (Lipinski definition) is 9. The van der Waals surface area contributed by atoms with E-state index in [0.29, 0.717) is 35.4 Å². The molecule has 268 valence electrons. The first-order valence-electron chi connectivity index (χ1n) is 16.6. The molecule has 0 saturated heterocycles. The molecule has 0 fully saturated rings. The van der Waals surface area contributed by atoms with E-state index in [9.17, 15) is 35.1 Å². The van der Waals surface area contributed by atoms with Crippen LogP contribution in [0, 0.1) is 11.8 Å². The van der Waals surface area contributed by atoms with Crippen LogP contribution in [-0.2, 0) is 22.3 Å². The van der Waals surface area contributed by atoms with E-state index >= 15 is 0 Å². The largest absolute Gasteiger partial charge is 0.508 e. The van der Waals surface area contributed by atoms with Gasteiger partial charge in [-0.3, -0.25) is 0 Å². The third-order valence-corrected chi connectivity index (χ3v) is 9.12. The number of aryl methyl sites for hydroxylation is 2. The Morgan fingerprint density at radius 2 is 1.45 bits per heavy atom. The number of ether oxygens (including phenoxy) is 2. The fourth-order valence-electron chi connectivity index (χ4n) is 6.21. The number of rotatable bonds is 7. The van der Waals surface area contributed by atoms with Crippen molar-refractivity contribution in [3.8, 4) is 23.0 Å². The molecule has 2 aromatic carbocycles. The minimum absolute atomic E-state index is 0.0132. The van der Waals surface area contributed by atoms with Gasteiger partial charge in [0.1, 0.15) is 34.1 Å². The summed E-state index contributed by atoms with van der Waals surface area (Å²) in [6.45, 7) is 19.5. The van der Waals surface area contributed by atoms with Gasteiger partial charge in [-0.25, -0.2) is 9.59 Å². The molecule has 5 N–H and O–H groups in total. The minimum atomic E-state index is -0.598. The summed E-state index contributed by atoms with van der Waals surface area (Å²) in [7, 11) is 2.53. The maximum absolute atomic E-state index is 12.1. The number of aromatic hydroxyl groups is 4. The van der Waals surface area contributed by atoms with Crippen molar-refractivity contribution in [2.24, 2.45) is 11.8 Å². The van der Waals surface area contributed by atoms with Crippen LogP contribution in [0.5, 0.6) is 23.0 Å². The Labute approximate surface area is 290 Å². The number of esters is 2. The molecule has 0 saturated carbocycles. The third kappa shape index (κ3) is 10.5. The number of phenols is 4. The second kappa shape index (κ2) is 17.8. The third-order valence-electron chi connectivity index (χ3n) is 9.12. The fraction of sp³-hybridized carbons (Fsp3) is 0.450. The molecule has 2 aromatic rings.